The molecule has 0 radical (unpaired) electrons. The van der Waals surface area contributed by atoms with Crippen LogP contribution in [0, 0.1) is 0 Å². The third-order valence-electron chi connectivity index (χ3n) is 5.40. The molecule has 3 aromatic rings. The van der Waals surface area contributed by atoms with Crippen LogP contribution >= 0.6 is 15.9 Å². The van der Waals surface area contributed by atoms with Crippen LogP contribution in [0.5, 0.6) is 11.5 Å². The van der Waals surface area contributed by atoms with E-state index in [9.17, 15) is 9.90 Å². The lowest BCUT2D eigenvalue weighted by atomic mass is 9.93. The number of aliphatic hydroxyl groups is 1. The Kier molecular flexibility index (Phi) is 6.00. The number of carbonyl (C=O) groups is 1. The molecule has 3 aromatic carbocycles. The van der Waals surface area contributed by atoms with Crippen molar-refractivity contribution in [3.8, 4) is 11.5 Å². The van der Waals surface area contributed by atoms with Gasteiger partial charge in [-0.3, -0.25) is 4.79 Å². The van der Waals surface area contributed by atoms with Gasteiger partial charge in [-0.2, -0.15) is 0 Å². The molecule has 1 heterocycles. The molecule has 0 aliphatic carbocycles. The van der Waals surface area contributed by atoms with Gasteiger partial charge in [-0.25, -0.2) is 0 Å². The first-order chi connectivity index (χ1) is 15.0. The number of amides is 1. The van der Waals surface area contributed by atoms with Gasteiger partial charge in [0, 0.05) is 16.6 Å². The lowest BCUT2D eigenvalue weighted by molar-refractivity contribution is -0.130. The third-order valence-corrected chi connectivity index (χ3v) is 5.93. The van der Waals surface area contributed by atoms with Gasteiger partial charge in [-0.05, 0) is 53.1 Å². The molecule has 31 heavy (non-hydrogen) atoms. The van der Waals surface area contributed by atoms with Crippen molar-refractivity contribution in [1.29, 1.82) is 0 Å². The number of aliphatic hydroxyl groups excluding tert-OH is 1. The van der Waals surface area contributed by atoms with E-state index in [1.807, 2.05) is 72.8 Å². The first-order valence-electron chi connectivity index (χ1n) is 9.78. The van der Waals surface area contributed by atoms with Crippen molar-refractivity contribution < 1.29 is 19.4 Å². The van der Waals surface area contributed by atoms with E-state index in [-0.39, 0.29) is 5.76 Å². The number of hydrogen-bond donors (Lipinski definition) is 1. The van der Waals surface area contributed by atoms with Crippen molar-refractivity contribution in [2.24, 2.45) is 0 Å². The molecule has 0 fully saturated rings. The molecule has 0 aromatic heterocycles. The quantitative estimate of drug-likeness (QED) is 0.505. The van der Waals surface area contributed by atoms with E-state index in [1.54, 1.807) is 19.1 Å². The fourth-order valence-electron chi connectivity index (χ4n) is 3.80. The summed E-state index contributed by atoms with van der Waals surface area (Å²) in [5, 5.41) is 10.9. The summed E-state index contributed by atoms with van der Waals surface area (Å²) in [6, 6.07) is 22.3. The lowest BCUT2D eigenvalue weighted by Gasteiger charge is -2.27. The molecule has 4 rings (SSSR count). The zero-order valence-corrected chi connectivity index (χ0v) is 18.8. The average Bonchev–Trinajstić information content (AvgIpc) is 3.05. The Bertz CT molecular complexity index is 1110. The van der Waals surface area contributed by atoms with Gasteiger partial charge < -0.3 is 19.5 Å². The molecule has 0 saturated heterocycles. The minimum atomic E-state index is -0.420. The molecular weight excluding hydrogens is 458 g/mol. The molecule has 1 N–H and O–H groups in total. The van der Waals surface area contributed by atoms with E-state index in [2.05, 4.69) is 15.9 Å². The van der Waals surface area contributed by atoms with Crippen molar-refractivity contribution in [2.75, 3.05) is 14.2 Å². The number of benzene rings is 3. The zero-order chi connectivity index (χ0) is 22.0. The van der Waals surface area contributed by atoms with E-state index >= 15 is 0 Å². The van der Waals surface area contributed by atoms with E-state index in [0.29, 0.717) is 17.9 Å². The highest BCUT2D eigenvalue weighted by molar-refractivity contribution is 9.10. The van der Waals surface area contributed by atoms with Crippen LogP contribution in [0.15, 0.2) is 83.0 Å². The highest BCUT2D eigenvalue weighted by Gasteiger charge is 2.41. The van der Waals surface area contributed by atoms with Gasteiger partial charge in [0.05, 0.1) is 20.3 Å². The van der Waals surface area contributed by atoms with Gasteiger partial charge >= 0.3 is 0 Å². The van der Waals surface area contributed by atoms with E-state index < -0.39 is 11.9 Å². The number of methoxy groups -OCH3 is 2. The van der Waals surface area contributed by atoms with Crippen molar-refractivity contribution in [3.63, 3.8) is 0 Å². The maximum Gasteiger partial charge on any atom is 0.290 e. The maximum atomic E-state index is 13.1. The summed E-state index contributed by atoms with van der Waals surface area (Å²) in [5.41, 5.74) is 3.22. The number of carbonyl (C=O) groups excluding carboxylic acids is 1. The van der Waals surface area contributed by atoms with Gasteiger partial charge in [0.15, 0.2) is 5.76 Å². The standard InChI is InChI=1S/C25H22BrNO4/c1-30-20-11-3-16(4-12-20)15-27-23(18-5-9-19(26)10-6-18)22(24(28)25(27)29)17-7-13-21(31-2)14-8-17/h3-14,23,28H,15H2,1-2H3. The molecule has 158 valence electrons. The monoisotopic (exact) mass is 479 g/mol. The summed E-state index contributed by atoms with van der Waals surface area (Å²) in [7, 11) is 3.22. The number of halogens is 1. The minimum Gasteiger partial charge on any atom is -0.503 e. The van der Waals surface area contributed by atoms with Crippen LogP contribution in [0.3, 0.4) is 0 Å². The van der Waals surface area contributed by atoms with E-state index in [0.717, 1.165) is 26.9 Å². The fourth-order valence-corrected chi connectivity index (χ4v) is 4.07. The Morgan fingerprint density at radius 1 is 0.871 bits per heavy atom. The zero-order valence-electron chi connectivity index (χ0n) is 17.2. The van der Waals surface area contributed by atoms with Crippen LogP contribution in [0.4, 0.5) is 0 Å². The SMILES string of the molecule is COc1ccc(CN2C(=O)C(O)=C(c3ccc(OC)cc3)C2c2ccc(Br)cc2)cc1. The minimum absolute atomic E-state index is 0.230. The molecule has 1 atom stereocenters. The molecule has 1 unspecified atom stereocenters. The molecule has 5 nitrogen and oxygen atoms in total. The summed E-state index contributed by atoms with van der Waals surface area (Å²) >= 11 is 3.47. The summed E-state index contributed by atoms with van der Waals surface area (Å²) in [6.07, 6.45) is 0. The van der Waals surface area contributed by atoms with Gasteiger partial charge in [0.25, 0.3) is 5.91 Å². The normalized spacial score (nSPS) is 16.0. The Hall–Kier alpha value is -3.25. The van der Waals surface area contributed by atoms with Gasteiger partial charge in [-0.15, -0.1) is 0 Å². The Labute approximate surface area is 189 Å². The topological polar surface area (TPSA) is 59.0 Å². The second kappa shape index (κ2) is 8.86. The molecule has 1 amide bonds. The first-order valence-corrected chi connectivity index (χ1v) is 10.6. The van der Waals surface area contributed by atoms with Crippen LogP contribution in [0.2, 0.25) is 0 Å². The van der Waals surface area contributed by atoms with E-state index in [1.165, 1.54) is 0 Å². The van der Waals surface area contributed by atoms with Crippen molar-refractivity contribution in [1.82, 2.24) is 4.90 Å². The fraction of sp³-hybridized carbons (Fsp3) is 0.160. The van der Waals surface area contributed by atoms with Gasteiger partial charge in [0.2, 0.25) is 0 Å². The van der Waals surface area contributed by atoms with Gasteiger partial charge in [0.1, 0.15) is 11.5 Å². The molecule has 0 bridgehead atoms. The highest BCUT2D eigenvalue weighted by Crippen LogP contribution is 2.44. The molecule has 1 aliphatic rings. The van der Waals surface area contributed by atoms with Crippen molar-refractivity contribution in [3.05, 3.63) is 99.7 Å². The van der Waals surface area contributed by atoms with Crippen LogP contribution in [0.25, 0.3) is 5.57 Å². The largest absolute Gasteiger partial charge is 0.503 e. The molecule has 0 saturated carbocycles. The molecule has 1 aliphatic heterocycles. The van der Waals surface area contributed by atoms with Crippen LogP contribution in [0.1, 0.15) is 22.7 Å². The third kappa shape index (κ3) is 4.16. The predicted octanol–water partition coefficient (Wildman–Crippen LogP) is 5.52. The molecule has 6 heteroatoms. The summed E-state index contributed by atoms with van der Waals surface area (Å²) in [4.78, 5) is 14.8. The Morgan fingerprint density at radius 3 is 1.97 bits per heavy atom. The number of nitrogens with zero attached hydrogens (tertiary/aromatic N) is 1. The maximum absolute atomic E-state index is 13.1. The second-order valence-corrected chi connectivity index (χ2v) is 8.14. The summed E-state index contributed by atoms with van der Waals surface area (Å²) in [5.74, 6) is 0.838. The van der Waals surface area contributed by atoms with Crippen molar-refractivity contribution in [2.45, 2.75) is 12.6 Å². The van der Waals surface area contributed by atoms with Crippen LogP contribution in [-0.4, -0.2) is 30.1 Å². The number of ether oxygens (including phenoxy) is 2. The Morgan fingerprint density at radius 2 is 1.42 bits per heavy atom. The van der Waals surface area contributed by atoms with E-state index in [4.69, 9.17) is 9.47 Å². The average molecular weight is 480 g/mol. The predicted molar refractivity (Wildman–Crippen MR) is 123 cm³/mol. The number of rotatable bonds is 6. The first kappa shape index (κ1) is 21.0. The lowest BCUT2D eigenvalue weighted by Crippen LogP contribution is -2.29. The Balaban J connectivity index is 1.76. The van der Waals surface area contributed by atoms with Crippen molar-refractivity contribution >= 4 is 27.4 Å². The smallest absolute Gasteiger partial charge is 0.290 e. The number of hydrogen-bond acceptors (Lipinski definition) is 4. The summed E-state index contributed by atoms with van der Waals surface area (Å²) in [6.45, 7) is 0.354. The van der Waals surface area contributed by atoms with Gasteiger partial charge in [-0.1, -0.05) is 52.3 Å². The highest BCUT2D eigenvalue weighted by atomic mass is 79.9. The molecule has 0 spiro atoms. The van der Waals surface area contributed by atoms with Crippen LogP contribution < -0.4 is 9.47 Å². The second-order valence-electron chi connectivity index (χ2n) is 7.23. The molecular formula is C25H22BrNO4. The summed E-state index contributed by atoms with van der Waals surface area (Å²) < 4.78 is 11.4. The van der Waals surface area contributed by atoms with Crippen LogP contribution in [-0.2, 0) is 11.3 Å².